The summed E-state index contributed by atoms with van der Waals surface area (Å²) >= 11 is 0. The highest BCUT2D eigenvalue weighted by atomic mass is 16.3. The van der Waals surface area contributed by atoms with Crippen molar-refractivity contribution in [3.8, 4) is 11.4 Å². The molecule has 0 spiro atoms. The molecule has 0 bridgehead atoms. The van der Waals surface area contributed by atoms with Gasteiger partial charge in [0.05, 0.1) is 6.04 Å². The fourth-order valence-electron chi connectivity index (χ4n) is 4.04. The standard InChI is InChI=1S/C19H25N5O2/c25-18(19(26)12-4-5-13-19)20-15-8-10-16(11-9-15)24-22-17(21-23-24)14-6-2-1-3-7-14/h1-3,6-7,15-16,26H,4-5,8-13H2,(H,20,25). The van der Waals surface area contributed by atoms with Crippen LogP contribution in [0.3, 0.4) is 0 Å². The maximum atomic E-state index is 12.3. The van der Waals surface area contributed by atoms with E-state index in [1.807, 2.05) is 30.3 Å². The first-order valence-electron chi connectivity index (χ1n) is 9.52. The Hall–Kier alpha value is -2.28. The molecule has 0 saturated heterocycles. The number of tetrazole rings is 1. The van der Waals surface area contributed by atoms with Crippen LogP contribution in [0.1, 0.15) is 57.4 Å². The number of nitrogens with zero attached hydrogens (tertiary/aromatic N) is 4. The number of rotatable bonds is 4. The van der Waals surface area contributed by atoms with Crippen LogP contribution >= 0.6 is 0 Å². The molecule has 2 aromatic rings. The molecule has 26 heavy (non-hydrogen) atoms. The summed E-state index contributed by atoms with van der Waals surface area (Å²) in [6.07, 6.45) is 6.56. The van der Waals surface area contributed by atoms with Gasteiger partial charge in [-0.3, -0.25) is 4.79 Å². The molecule has 0 aliphatic heterocycles. The summed E-state index contributed by atoms with van der Waals surface area (Å²) in [5.41, 5.74) is -0.181. The molecule has 1 heterocycles. The van der Waals surface area contributed by atoms with Crippen LogP contribution in [0.25, 0.3) is 11.4 Å². The Morgan fingerprint density at radius 3 is 2.50 bits per heavy atom. The molecule has 2 fully saturated rings. The Bertz CT molecular complexity index is 746. The van der Waals surface area contributed by atoms with Crippen LogP contribution in [0.5, 0.6) is 0 Å². The van der Waals surface area contributed by atoms with Crippen LogP contribution in [0.2, 0.25) is 0 Å². The minimum atomic E-state index is -1.14. The van der Waals surface area contributed by atoms with Crippen molar-refractivity contribution in [3.05, 3.63) is 30.3 Å². The monoisotopic (exact) mass is 355 g/mol. The van der Waals surface area contributed by atoms with Crippen molar-refractivity contribution in [2.45, 2.75) is 69.1 Å². The zero-order chi connectivity index (χ0) is 18.0. The Labute approximate surface area is 152 Å². The predicted molar refractivity (Wildman–Crippen MR) is 96.1 cm³/mol. The molecule has 4 rings (SSSR count). The molecular formula is C19H25N5O2. The smallest absolute Gasteiger partial charge is 0.252 e. The van der Waals surface area contributed by atoms with E-state index in [-0.39, 0.29) is 18.0 Å². The van der Waals surface area contributed by atoms with Gasteiger partial charge in [0.25, 0.3) is 5.91 Å². The van der Waals surface area contributed by atoms with Crippen LogP contribution in [0.4, 0.5) is 0 Å². The maximum absolute atomic E-state index is 12.3. The topological polar surface area (TPSA) is 92.9 Å². The van der Waals surface area contributed by atoms with Crippen molar-refractivity contribution in [3.63, 3.8) is 0 Å². The summed E-state index contributed by atoms with van der Waals surface area (Å²) in [6, 6.07) is 10.2. The van der Waals surface area contributed by atoms with Crippen molar-refractivity contribution in [1.29, 1.82) is 0 Å². The first kappa shape index (κ1) is 17.1. The van der Waals surface area contributed by atoms with Gasteiger partial charge in [-0.05, 0) is 56.6 Å². The molecule has 0 atom stereocenters. The summed E-state index contributed by atoms with van der Waals surface area (Å²) in [7, 11) is 0. The number of aliphatic hydroxyl groups is 1. The van der Waals surface area contributed by atoms with E-state index in [0.717, 1.165) is 44.1 Å². The molecule has 1 aromatic carbocycles. The second-order valence-corrected chi connectivity index (χ2v) is 7.52. The molecule has 0 unspecified atom stereocenters. The molecule has 1 aromatic heterocycles. The number of carbonyl (C=O) groups is 1. The molecule has 1 amide bonds. The fraction of sp³-hybridized carbons (Fsp3) is 0.579. The zero-order valence-electron chi connectivity index (χ0n) is 14.8. The van der Waals surface area contributed by atoms with E-state index in [0.29, 0.717) is 18.7 Å². The van der Waals surface area contributed by atoms with E-state index in [2.05, 4.69) is 20.7 Å². The first-order chi connectivity index (χ1) is 12.6. The van der Waals surface area contributed by atoms with Gasteiger partial charge in [0.15, 0.2) is 0 Å². The molecular weight excluding hydrogens is 330 g/mol. The summed E-state index contributed by atoms with van der Waals surface area (Å²) in [6.45, 7) is 0. The number of hydrogen-bond donors (Lipinski definition) is 2. The summed E-state index contributed by atoms with van der Waals surface area (Å²) in [4.78, 5) is 14.1. The lowest BCUT2D eigenvalue weighted by Crippen LogP contribution is -2.49. The van der Waals surface area contributed by atoms with Crippen molar-refractivity contribution in [1.82, 2.24) is 25.5 Å². The van der Waals surface area contributed by atoms with Crippen LogP contribution in [-0.4, -0.2) is 42.9 Å². The van der Waals surface area contributed by atoms with E-state index >= 15 is 0 Å². The largest absolute Gasteiger partial charge is 0.380 e. The number of nitrogens with one attached hydrogen (secondary N) is 1. The van der Waals surface area contributed by atoms with Crippen molar-refractivity contribution in [2.75, 3.05) is 0 Å². The van der Waals surface area contributed by atoms with Crippen molar-refractivity contribution in [2.24, 2.45) is 0 Å². The van der Waals surface area contributed by atoms with Gasteiger partial charge in [0, 0.05) is 11.6 Å². The van der Waals surface area contributed by atoms with Gasteiger partial charge in [0.2, 0.25) is 5.82 Å². The second-order valence-electron chi connectivity index (χ2n) is 7.52. The minimum absolute atomic E-state index is 0.125. The average molecular weight is 355 g/mol. The van der Waals surface area contributed by atoms with Gasteiger partial charge >= 0.3 is 0 Å². The van der Waals surface area contributed by atoms with Crippen LogP contribution in [-0.2, 0) is 4.79 Å². The molecule has 2 N–H and O–H groups in total. The average Bonchev–Trinajstić information content (AvgIpc) is 3.33. The highest BCUT2D eigenvalue weighted by Gasteiger charge is 2.40. The lowest BCUT2D eigenvalue weighted by molar-refractivity contribution is -0.140. The molecule has 7 heteroatoms. The molecule has 2 aliphatic carbocycles. The number of benzene rings is 1. The van der Waals surface area contributed by atoms with E-state index in [1.54, 1.807) is 4.80 Å². The van der Waals surface area contributed by atoms with Gasteiger partial charge in [-0.2, -0.15) is 4.80 Å². The fourth-order valence-corrected chi connectivity index (χ4v) is 4.04. The quantitative estimate of drug-likeness (QED) is 0.877. The first-order valence-corrected chi connectivity index (χ1v) is 9.52. The third-order valence-corrected chi connectivity index (χ3v) is 5.67. The zero-order valence-corrected chi connectivity index (χ0v) is 14.8. The third kappa shape index (κ3) is 3.49. The molecule has 2 aliphatic rings. The van der Waals surface area contributed by atoms with Crippen LogP contribution in [0, 0.1) is 0 Å². The normalized spacial score (nSPS) is 25.1. The maximum Gasteiger partial charge on any atom is 0.252 e. The Kier molecular flexibility index (Phi) is 4.72. The van der Waals surface area contributed by atoms with Gasteiger partial charge in [-0.15, -0.1) is 10.2 Å². The van der Waals surface area contributed by atoms with Gasteiger partial charge in [-0.1, -0.05) is 30.3 Å². The third-order valence-electron chi connectivity index (χ3n) is 5.67. The highest BCUT2D eigenvalue weighted by Crippen LogP contribution is 2.32. The highest BCUT2D eigenvalue weighted by molar-refractivity contribution is 5.85. The molecule has 2 saturated carbocycles. The number of aromatic nitrogens is 4. The Morgan fingerprint density at radius 2 is 1.81 bits per heavy atom. The predicted octanol–water partition coefficient (Wildman–Crippen LogP) is 2.25. The Morgan fingerprint density at radius 1 is 1.12 bits per heavy atom. The summed E-state index contributed by atoms with van der Waals surface area (Å²) < 4.78 is 0. The van der Waals surface area contributed by atoms with Crippen LogP contribution < -0.4 is 5.32 Å². The second kappa shape index (κ2) is 7.15. The molecule has 138 valence electrons. The summed E-state index contributed by atoms with van der Waals surface area (Å²) in [5, 5.41) is 26.4. The Balaban J connectivity index is 1.33. The SMILES string of the molecule is O=C(NC1CCC(n2nnc(-c3ccccc3)n2)CC1)C1(O)CCCC1. The van der Waals surface area contributed by atoms with E-state index in [1.165, 1.54) is 0 Å². The van der Waals surface area contributed by atoms with E-state index in [4.69, 9.17) is 0 Å². The van der Waals surface area contributed by atoms with Crippen molar-refractivity contribution >= 4 is 5.91 Å². The van der Waals surface area contributed by atoms with Crippen LogP contribution in [0.15, 0.2) is 30.3 Å². The molecule has 7 nitrogen and oxygen atoms in total. The number of carbonyl (C=O) groups excluding carboxylic acids is 1. The van der Waals surface area contributed by atoms with Gasteiger partial charge in [-0.25, -0.2) is 0 Å². The molecule has 0 radical (unpaired) electrons. The van der Waals surface area contributed by atoms with Gasteiger partial charge < -0.3 is 10.4 Å². The summed E-state index contributed by atoms with van der Waals surface area (Å²) in [5.74, 6) is 0.452. The van der Waals surface area contributed by atoms with Crippen molar-refractivity contribution < 1.29 is 9.90 Å². The number of hydrogen-bond acceptors (Lipinski definition) is 5. The lowest BCUT2D eigenvalue weighted by Gasteiger charge is -2.31. The lowest BCUT2D eigenvalue weighted by atomic mass is 9.90. The van der Waals surface area contributed by atoms with E-state index < -0.39 is 5.60 Å². The van der Waals surface area contributed by atoms with Gasteiger partial charge in [0.1, 0.15) is 5.60 Å². The minimum Gasteiger partial charge on any atom is -0.380 e. The van der Waals surface area contributed by atoms with E-state index in [9.17, 15) is 9.90 Å². The number of amides is 1.